The summed E-state index contributed by atoms with van der Waals surface area (Å²) in [6, 6.07) is 6.19. The normalized spacial score (nSPS) is 12.5. The predicted octanol–water partition coefficient (Wildman–Crippen LogP) is 5.47. The van der Waals surface area contributed by atoms with Crippen LogP contribution in [0.25, 0.3) is 0 Å². The number of benzene rings is 1. The summed E-state index contributed by atoms with van der Waals surface area (Å²) in [6.07, 6.45) is 3.60. The molecule has 0 N–H and O–H groups in total. The first-order valence-electron chi connectivity index (χ1n) is 5.75. The highest BCUT2D eigenvalue weighted by Gasteiger charge is 2.13. The molecule has 90 valence electrons. The second-order valence-electron chi connectivity index (χ2n) is 3.72. The Morgan fingerprint density at radius 1 is 1.31 bits per heavy atom. The fraction of sp³-hybridized carbons (Fsp3) is 0.538. The van der Waals surface area contributed by atoms with Crippen molar-refractivity contribution in [2.45, 2.75) is 37.9 Å². The van der Waals surface area contributed by atoms with E-state index in [9.17, 15) is 0 Å². The zero-order chi connectivity index (χ0) is 12.0. The highest BCUT2D eigenvalue weighted by atomic mass is 79.9. The largest absolute Gasteiger partial charge is 0.494 e. The fourth-order valence-electron chi connectivity index (χ4n) is 1.59. The third kappa shape index (κ3) is 4.10. The second-order valence-corrected chi connectivity index (χ2v) is 5.75. The van der Waals surface area contributed by atoms with Crippen LogP contribution in [0.1, 0.15) is 43.5 Å². The Labute approximate surface area is 115 Å². The first-order valence-corrected chi connectivity index (χ1v) is 7.46. The summed E-state index contributed by atoms with van der Waals surface area (Å²) >= 11 is 7.25. The van der Waals surface area contributed by atoms with Gasteiger partial charge in [0.25, 0.3) is 0 Å². The molecule has 0 radical (unpaired) electrons. The van der Waals surface area contributed by atoms with E-state index in [1.54, 1.807) is 0 Å². The van der Waals surface area contributed by atoms with E-state index in [0.717, 1.165) is 16.6 Å². The maximum Gasteiger partial charge on any atom is 0.123 e. The molecule has 1 unspecified atom stereocenters. The van der Waals surface area contributed by atoms with Gasteiger partial charge < -0.3 is 4.74 Å². The summed E-state index contributed by atoms with van der Waals surface area (Å²) in [5, 5.41) is 0. The zero-order valence-electron chi connectivity index (χ0n) is 9.80. The van der Waals surface area contributed by atoms with Crippen molar-refractivity contribution >= 4 is 31.9 Å². The van der Waals surface area contributed by atoms with Crippen LogP contribution in [0, 0.1) is 0 Å². The maximum atomic E-state index is 5.64. The summed E-state index contributed by atoms with van der Waals surface area (Å²) < 4.78 is 6.75. The van der Waals surface area contributed by atoms with Crippen molar-refractivity contribution in [3.8, 4) is 5.75 Å². The number of alkyl halides is 1. The average Bonchev–Trinajstić information content (AvgIpc) is 2.28. The molecule has 0 aliphatic carbocycles. The van der Waals surface area contributed by atoms with Gasteiger partial charge in [0.15, 0.2) is 0 Å². The molecule has 1 aromatic rings. The molecule has 1 atom stereocenters. The summed E-state index contributed by atoms with van der Waals surface area (Å²) in [5.41, 5.74) is 1.24. The highest BCUT2D eigenvalue weighted by molar-refractivity contribution is 9.10. The molecule has 0 aliphatic rings. The topological polar surface area (TPSA) is 9.23 Å². The Balaban J connectivity index is 2.85. The van der Waals surface area contributed by atoms with Gasteiger partial charge in [0.05, 0.1) is 6.61 Å². The second kappa shape index (κ2) is 7.33. The van der Waals surface area contributed by atoms with Crippen LogP contribution in [0.2, 0.25) is 0 Å². The van der Waals surface area contributed by atoms with Gasteiger partial charge in [-0.05, 0) is 31.5 Å². The molecular weight excluding hydrogens is 332 g/mol. The molecule has 1 aromatic carbocycles. The molecule has 0 spiro atoms. The van der Waals surface area contributed by atoms with Crippen LogP contribution in [0.3, 0.4) is 0 Å². The van der Waals surface area contributed by atoms with Gasteiger partial charge in [-0.2, -0.15) is 0 Å². The lowest BCUT2D eigenvalue weighted by Gasteiger charge is -2.15. The fourth-order valence-corrected chi connectivity index (χ4v) is 2.65. The molecule has 1 rings (SSSR count). The third-order valence-corrected chi connectivity index (χ3v) is 3.86. The molecule has 16 heavy (non-hydrogen) atoms. The van der Waals surface area contributed by atoms with Gasteiger partial charge in [0.1, 0.15) is 5.75 Å². The molecular formula is C13H18Br2O. The molecule has 0 fully saturated rings. The van der Waals surface area contributed by atoms with E-state index in [1.165, 1.54) is 18.4 Å². The van der Waals surface area contributed by atoms with Crippen LogP contribution >= 0.6 is 31.9 Å². The smallest absolute Gasteiger partial charge is 0.123 e. The number of hydrogen-bond acceptors (Lipinski definition) is 1. The highest BCUT2D eigenvalue weighted by Crippen LogP contribution is 2.36. The van der Waals surface area contributed by atoms with Crippen LogP contribution in [-0.4, -0.2) is 6.61 Å². The van der Waals surface area contributed by atoms with E-state index in [0.29, 0.717) is 11.4 Å². The van der Waals surface area contributed by atoms with Crippen molar-refractivity contribution in [3.05, 3.63) is 28.2 Å². The number of hydrogen-bond donors (Lipinski definition) is 0. The molecule has 0 aromatic heterocycles. The van der Waals surface area contributed by atoms with Crippen LogP contribution in [0.15, 0.2) is 22.7 Å². The van der Waals surface area contributed by atoms with Gasteiger partial charge in [-0.3, -0.25) is 0 Å². The van der Waals surface area contributed by atoms with E-state index in [1.807, 2.05) is 19.1 Å². The zero-order valence-corrected chi connectivity index (χ0v) is 13.0. The quantitative estimate of drug-likeness (QED) is 0.618. The Hall–Kier alpha value is -0.0200. The van der Waals surface area contributed by atoms with Crippen molar-refractivity contribution in [1.82, 2.24) is 0 Å². The van der Waals surface area contributed by atoms with Crippen molar-refractivity contribution in [2.75, 3.05) is 6.61 Å². The number of rotatable bonds is 6. The molecule has 0 saturated heterocycles. The molecule has 3 heteroatoms. The van der Waals surface area contributed by atoms with E-state index >= 15 is 0 Å². The Kier molecular flexibility index (Phi) is 6.44. The number of unbranched alkanes of at least 4 members (excludes halogenated alkanes) is 1. The van der Waals surface area contributed by atoms with E-state index in [-0.39, 0.29) is 0 Å². The molecule has 0 aliphatic heterocycles. The van der Waals surface area contributed by atoms with Gasteiger partial charge >= 0.3 is 0 Å². The number of halogens is 2. The Morgan fingerprint density at radius 2 is 2.06 bits per heavy atom. The lowest BCUT2D eigenvalue weighted by Crippen LogP contribution is -1.99. The summed E-state index contributed by atoms with van der Waals surface area (Å²) in [6.45, 7) is 4.94. The average molecular weight is 350 g/mol. The maximum absolute atomic E-state index is 5.64. The molecule has 0 heterocycles. The lowest BCUT2D eigenvalue weighted by atomic mass is 10.1. The standard InChI is InChI=1S/C13H18Br2O/c1-3-5-6-12(15)11-9-10(14)7-8-13(11)16-4-2/h7-9,12H,3-6H2,1-2H3. The van der Waals surface area contributed by atoms with Crippen LogP contribution in [0.4, 0.5) is 0 Å². The first-order chi connectivity index (χ1) is 7.69. The van der Waals surface area contributed by atoms with Crippen LogP contribution in [0.5, 0.6) is 5.75 Å². The van der Waals surface area contributed by atoms with E-state index in [4.69, 9.17) is 4.74 Å². The van der Waals surface area contributed by atoms with Crippen LogP contribution in [-0.2, 0) is 0 Å². The minimum atomic E-state index is 0.381. The van der Waals surface area contributed by atoms with E-state index in [2.05, 4.69) is 44.8 Å². The number of ether oxygens (including phenoxy) is 1. The van der Waals surface area contributed by atoms with Crippen molar-refractivity contribution < 1.29 is 4.74 Å². The minimum absolute atomic E-state index is 0.381. The van der Waals surface area contributed by atoms with Gasteiger partial charge in [-0.25, -0.2) is 0 Å². The predicted molar refractivity (Wildman–Crippen MR) is 76.5 cm³/mol. The van der Waals surface area contributed by atoms with Crippen molar-refractivity contribution in [3.63, 3.8) is 0 Å². The van der Waals surface area contributed by atoms with Crippen LogP contribution < -0.4 is 4.74 Å². The first kappa shape index (κ1) is 14.0. The van der Waals surface area contributed by atoms with Crippen molar-refractivity contribution in [2.24, 2.45) is 0 Å². The van der Waals surface area contributed by atoms with Gasteiger partial charge in [-0.1, -0.05) is 51.6 Å². The Morgan fingerprint density at radius 3 is 2.69 bits per heavy atom. The van der Waals surface area contributed by atoms with Gasteiger partial charge in [-0.15, -0.1) is 0 Å². The lowest BCUT2D eigenvalue weighted by molar-refractivity contribution is 0.336. The van der Waals surface area contributed by atoms with Gasteiger partial charge in [0, 0.05) is 14.9 Å². The molecule has 0 amide bonds. The Bertz CT molecular complexity index is 326. The van der Waals surface area contributed by atoms with E-state index < -0.39 is 0 Å². The minimum Gasteiger partial charge on any atom is -0.494 e. The molecule has 0 bridgehead atoms. The van der Waals surface area contributed by atoms with Crippen molar-refractivity contribution in [1.29, 1.82) is 0 Å². The molecule has 0 saturated carbocycles. The monoisotopic (exact) mass is 348 g/mol. The summed E-state index contributed by atoms with van der Waals surface area (Å²) in [5.74, 6) is 0.990. The third-order valence-electron chi connectivity index (χ3n) is 2.42. The molecule has 1 nitrogen and oxygen atoms in total. The van der Waals surface area contributed by atoms with Gasteiger partial charge in [0.2, 0.25) is 0 Å². The summed E-state index contributed by atoms with van der Waals surface area (Å²) in [4.78, 5) is 0.381. The SMILES string of the molecule is CCCCC(Br)c1cc(Br)ccc1OCC. The summed E-state index contributed by atoms with van der Waals surface area (Å²) in [7, 11) is 0.